The molecule has 96 valence electrons. The minimum absolute atomic E-state index is 0.196. The highest BCUT2D eigenvalue weighted by Crippen LogP contribution is 2.23. The van der Waals surface area contributed by atoms with Crippen molar-refractivity contribution in [3.05, 3.63) is 32.7 Å². The maximum absolute atomic E-state index is 11.3. The third-order valence-corrected chi connectivity index (χ3v) is 5.93. The largest absolute Gasteiger partial charge is 0.312 e. The number of hydrogen-bond acceptors (Lipinski definition) is 3. The summed E-state index contributed by atoms with van der Waals surface area (Å²) in [5.41, 5.74) is 1.12. The normalized spacial score (nSPS) is 11.7. The number of rotatable bonds is 6. The zero-order valence-electron chi connectivity index (χ0n) is 9.54. The predicted octanol–water partition coefficient (Wildman–Crippen LogP) is 2.74. The fraction of sp³-hybridized carbons (Fsp3) is 0.455. The van der Waals surface area contributed by atoms with Crippen LogP contribution in [0, 0.1) is 0 Å². The summed E-state index contributed by atoms with van der Waals surface area (Å²) in [4.78, 5) is 0. The lowest BCUT2D eigenvalue weighted by atomic mass is 10.2. The summed E-state index contributed by atoms with van der Waals surface area (Å²) in [7, 11) is -2.87. The van der Waals surface area contributed by atoms with Gasteiger partial charge in [0.2, 0.25) is 0 Å². The van der Waals surface area contributed by atoms with E-state index >= 15 is 0 Å². The van der Waals surface area contributed by atoms with E-state index in [9.17, 15) is 8.42 Å². The minimum Gasteiger partial charge on any atom is -0.312 e. The molecule has 3 nitrogen and oxygen atoms in total. The van der Waals surface area contributed by atoms with E-state index in [1.807, 2.05) is 18.2 Å². The molecule has 0 saturated heterocycles. The zero-order valence-corrected chi connectivity index (χ0v) is 13.5. The molecule has 6 heteroatoms. The Labute approximate surface area is 119 Å². The van der Waals surface area contributed by atoms with Gasteiger partial charge in [0.25, 0.3) is 0 Å². The van der Waals surface area contributed by atoms with Crippen molar-refractivity contribution in [3.63, 3.8) is 0 Å². The molecule has 0 amide bonds. The van der Waals surface area contributed by atoms with Gasteiger partial charge in [0, 0.05) is 27.8 Å². The Morgan fingerprint density at radius 1 is 1.24 bits per heavy atom. The van der Waals surface area contributed by atoms with Crippen LogP contribution < -0.4 is 5.32 Å². The first-order valence-electron chi connectivity index (χ1n) is 5.29. The van der Waals surface area contributed by atoms with E-state index in [1.165, 1.54) is 0 Å². The quantitative estimate of drug-likeness (QED) is 0.767. The Balaban J connectivity index is 2.39. The fourth-order valence-corrected chi connectivity index (χ4v) is 2.67. The van der Waals surface area contributed by atoms with Crippen LogP contribution in [0.2, 0.25) is 0 Å². The molecule has 1 rings (SSSR count). The summed E-state index contributed by atoms with van der Waals surface area (Å²) in [6.07, 6.45) is 0. The molecule has 0 spiro atoms. The first-order valence-corrected chi connectivity index (χ1v) is 8.70. The van der Waals surface area contributed by atoms with Crippen LogP contribution in [0.1, 0.15) is 12.5 Å². The van der Waals surface area contributed by atoms with Gasteiger partial charge in [-0.2, -0.15) is 0 Å². The van der Waals surface area contributed by atoms with E-state index in [0.717, 1.165) is 14.5 Å². The summed E-state index contributed by atoms with van der Waals surface area (Å²) >= 11 is 6.83. The van der Waals surface area contributed by atoms with Crippen LogP contribution in [0.3, 0.4) is 0 Å². The highest BCUT2D eigenvalue weighted by Gasteiger charge is 2.06. The van der Waals surface area contributed by atoms with Crippen molar-refractivity contribution in [2.45, 2.75) is 13.5 Å². The van der Waals surface area contributed by atoms with Crippen molar-refractivity contribution in [1.82, 2.24) is 5.32 Å². The van der Waals surface area contributed by atoms with Crippen molar-refractivity contribution in [3.8, 4) is 0 Å². The van der Waals surface area contributed by atoms with E-state index in [1.54, 1.807) is 6.92 Å². The van der Waals surface area contributed by atoms with Crippen LogP contribution in [-0.2, 0) is 16.4 Å². The molecule has 17 heavy (non-hydrogen) atoms. The Kier molecular flexibility index (Phi) is 6.12. The number of benzene rings is 1. The second-order valence-electron chi connectivity index (χ2n) is 3.66. The first-order chi connectivity index (χ1) is 7.94. The molecule has 1 aromatic rings. The SMILES string of the molecule is CCS(=O)(=O)CCNCc1ccc(Br)c(Br)c1. The van der Waals surface area contributed by atoms with Gasteiger partial charge in [0.05, 0.1) is 5.75 Å². The smallest absolute Gasteiger partial charge is 0.151 e. The summed E-state index contributed by atoms with van der Waals surface area (Å²) in [5.74, 6) is 0.402. The van der Waals surface area contributed by atoms with Crippen LogP contribution in [-0.4, -0.2) is 26.5 Å². The number of sulfone groups is 1. The number of hydrogen-bond donors (Lipinski definition) is 1. The van der Waals surface area contributed by atoms with E-state index < -0.39 is 9.84 Å². The average molecular weight is 385 g/mol. The number of nitrogens with one attached hydrogen (secondary N) is 1. The topological polar surface area (TPSA) is 46.2 Å². The van der Waals surface area contributed by atoms with Gasteiger partial charge < -0.3 is 5.32 Å². The molecule has 0 aromatic heterocycles. The van der Waals surface area contributed by atoms with Gasteiger partial charge in [-0.1, -0.05) is 13.0 Å². The molecule has 0 aliphatic carbocycles. The molecule has 1 aromatic carbocycles. The van der Waals surface area contributed by atoms with E-state index in [4.69, 9.17) is 0 Å². The van der Waals surface area contributed by atoms with Gasteiger partial charge in [-0.15, -0.1) is 0 Å². The van der Waals surface area contributed by atoms with Crippen LogP contribution >= 0.6 is 31.9 Å². The van der Waals surface area contributed by atoms with Gasteiger partial charge in [0.1, 0.15) is 0 Å². The van der Waals surface area contributed by atoms with Gasteiger partial charge in [-0.05, 0) is 49.6 Å². The van der Waals surface area contributed by atoms with E-state index in [2.05, 4.69) is 37.2 Å². The molecule has 0 heterocycles. The zero-order chi connectivity index (χ0) is 12.9. The molecule has 0 saturated carbocycles. The van der Waals surface area contributed by atoms with Crippen molar-refractivity contribution in [1.29, 1.82) is 0 Å². The fourth-order valence-electron chi connectivity index (χ4n) is 1.25. The van der Waals surface area contributed by atoms with E-state index in [0.29, 0.717) is 13.1 Å². The van der Waals surface area contributed by atoms with Gasteiger partial charge in [-0.25, -0.2) is 8.42 Å². The van der Waals surface area contributed by atoms with Crippen LogP contribution in [0.25, 0.3) is 0 Å². The van der Waals surface area contributed by atoms with Crippen LogP contribution in [0.15, 0.2) is 27.1 Å². The van der Waals surface area contributed by atoms with Crippen molar-refractivity contribution in [2.75, 3.05) is 18.1 Å². The standard InChI is InChI=1S/C11H15Br2NO2S/c1-2-17(15,16)6-5-14-8-9-3-4-10(12)11(13)7-9/h3-4,7,14H,2,5-6,8H2,1H3. The second-order valence-corrected chi connectivity index (χ2v) is 7.84. The maximum atomic E-state index is 11.3. The lowest BCUT2D eigenvalue weighted by Gasteiger charge is -2.06. The van der Waals surface area contributed by atoms with Gasteiger partial charge in [0.15, 0.2) is 9.84 Å². The third-order valence-electron chi connectivity index (χ3n) is 2.34. The third kappa shape index (κ3) is 5.50. The summed E-state index contributed by atoms with van der Waals surface area (Å²) in [6, 6.07) is 5.96. The molecule has 0 aliphatic heterocycles. The molecule has 0 atom stereocenters. The Morgan fingerprint density at radius 2 is 1.94 bits per heavy atom. The van der Waals surface area contributed by atoms with Crippen LogP contribution in [0.4, 0.5) is 0 Å². The monoisotopic (exact) mass is 383 g/mol. The minimum atomic E-state index is -2.87. The molecule has 0 aliphatic rings. The summed E-state index contributed by atoms with van der Waals surface area (Å²) in [5, 5.41) is 3.12. The Bertz CT molecular complexity index is 474. The number of halogens is 2. The van der Waals surface area contributed by atoms with Crippen molar-refractivity contribution >= 4 is 41.7 Å². The van der Waals surface area contributed by atoms with Crippen LogP contribution in [0.5, 0.6) is 0 Å². The highest BCUT2D eigenvalue weighted by atomic mass is 79.9. The lowest BCUT2D eigenvalue weighted by molar-refractivity contribution is 0.592. The molecular weight excluding hydrogens is 370 g/mol. The van der Waals surface area contributed by atoms with Crippen molar-refractivity contribution < 1.29 is 8.42 Å². The average Bonchev–Trinajstić information content (AvgIpc) is 2.29. The highest BCUT2D eigenvalue weighted by molar-refractivity contribution is 9.13. The second kappa shape index (κ2) is 6.87. The maximum Gasteiger partial charge on any atom is 0.151 e. The van der Waals surface area contributed by atoms with Crippen molar-refractivity contribution in [2.24, 2.45) is 0 Å². The molecule has 1 N–H and O–H groups in total. The molecule has 0 bridgehead atoms. The molecule has 0 fully saturated rings. The van der Waals surface area contributed by atoms with E-state index in [-0.39, 0.29) is 11.5 Å². The molecular formula is C11H15Br2NO2S. The Morgan fingerprint density at radius 3 is 2.53 bits per heavy atom. The lowest BCUT2D eigenvalue weighted by Crippen LogP contribution is -2.23. The van der Waals surface area contributed by atoms with Gasteiger partial charge >= 0.3 is 0 Å². The first kappa shape index (κ1) is 15.1. The Hall–Kier alpha value is 0.0900. The predicted molar refractivity (Wildman–Crippen MR) is 77.9 cm³/mol. The van der Waals surface area contributed by atoms with Gasteiger partial charge in [-0.3, -0.25) is 0 Å². The molecule has 0 radical (unpaired) electrons. The summed E-state index contributed by atoms with van der Waals surface area (Å²) < 4.78 is 24.5. The molecule has 0 unspecified atom stereocenters. The summed E-state index contributed by atoms with van der Waals surface area (Å²) in [6.45, 7) is 2.83.